The largest absolute Gasteiger partial charge is 0.494 e. The maximum atomic E-state index is 6.35. The Labute approximate surface area is 254 Å². The van der Waals surface area contributed by atoms with Crippen molar-refractivity contribution in [2.24, 2.45) is 0 Å². The summed E-state index contributed by atoms with van der Waals surface area (Å²) in [4.78, 5) is 2.37. The van der Waals surface area contributed by atoms with Gasteiger partial charge in [-0.25, -0.2) is 0 Å². The Hall–Kier alpha value is -3.68. The highest BCUT2D eigenvalue weighted by Crippen LogP contribution is 2.43. The molecular weight excluding hydrogens is 553 g/mol. The lowest BCUT2D eigenvalue weighted by Crippen LogP contribution is -2.41. The molecule has 0 amide bonds. The zero-order valence-corrected chi connectivity index (χ0v) is 25.7. The third-order valence-corrected chi connectivity index (χ3v) is 11.2. The standard InChI is InChI=1S/C36H30BNO2S2/c1-35(2)36(3,4)40-37(39-35)23-13-15-24(16-14-23)38(25-17-19-33-29(21-25)27-9-5-7-11-31(27)41-33)26-18-20-34-30(22-26)28-10-6-8-12-32(28)42-34/h5-22H,1-4H3. The van der Waals surface area contributed by atoms with E-state index in [0.29, 0.717) is 0 Å². The average Bonchev–Trinajstić information content (AvgIpc) is 3.61. The Balaban J connectivity index is 1.27. The summed E-state index contributed by atoms with van der Waals surface area (Å²) >= 11 is 3.70. The van der Waals surface area contributed by atoms with Crippen LogP contribution in [0.2, 0.25) is 0 Å². The van der Waals surface area contributed by atoms with Crippen molar-refractivity contribution in [2.45, 2.75) is 38.9 Å². The summed E-state index contributed by atoms with van der Waals surface area (Å²) < 4.78 is 17.9. The molecule has 0 unspecified atom stereocenters. The maximum Gasteiger partial charge on any atom is 0.494 e. The third-order valence-electron chi connectivity index (χ3n) is 8.91. The first-order valence-corrected chi connectivity index (χ1v) is 16.0. The quantitative estimate of drug-likeness (QED) is 0.193. The van der Waals surface area contributed by atoms with Crippen molar-refractivity contribution >= 4 is 92.7 Å². The fourth-order valence-electron chi connectivity index (χ4n) is 5.91. The molecule has 206 valence electrons. The summed E-state index contributed by atoms with van der Waals surface area (Å²) in [6.07, 6.45) is 0. The number of anilines is 3. The molecular formula is C36H30BNO2S2. The number of thiophene rings is 2. The molecule has 5 aromatic carbocycles. The van der Waals surface area contributed by atoms with Crippen LogP contribution in [0.4, 0.5) is 17.1 Å². The van der Waals surface area contributed by atoms with E-state index in [-0.39, 0.29) is 18.3 Å². The number of fused-ring (bicyclic) bond motifs is 6. The van der Waals surface area contributed by atoms with Crippen LogP contribution in [0.25, 0.3) is 40.3 Å². The lowest BCUT2D eigenvalue weighted by atomic mass is 9.79. The Kier molecular flexibility index (Phi) is 5.83. The molecule has 42 heavy (non-hydrogen) atoms. The highest BCUT2D eigenvalue weighted by Gasteiger charge is 2.51. The Bertz CT molecular complexity index is 2000. The van der Waals surface area contributed by atoms with E-state index < -0.39 is 0 Å². The van der Waals surface area contributed by atoms with E-state index in [1.807, 2.05) is 22.7 Å². The summed E-state index contributed by atoms with van der Waals surface area (Å²) in [5.74, 6) is 0. The second-order valence-electron chi connectivity index (χ2n) is 12.1. The summed E-state index contributed by atoms with van der Waals surface area (Å²) in [6, 6.07) is 39.7. The van der Waals surface area contributed by atoms with Crippen molar-refractivity contribution in [1.82, 2.24) is 0 Å². The van der Waals surface area contributed by atoms with E-state index in [9.17, 15) is 0 Å². The first-order chi connectivity index (χ1) is 20.3. The number of hydrogen-bond donors (Lipinski definition) is 0. The second-order valence-corrected chi connectivity index (χ2v) is 14.2. The number of benzene rings is 5. The van der Waals surface area contributed by atoms with Crippen LogP contribution in [0.15, 0.2) is 109 Å². The predicted molar refractivity (Wildman–Crippen MR) is 183 cm³/mol. The lowest BCUT2D eigenvalue weighted by molar-refractivity contribution is 0.00578. The van der Waals surface area contributed by atoms with Crippen molar-refractivity contribution in [1.29, 1.82) is 0 Å². The zero-order chi connectivity index (χ0) is 28.6. The van der Waals surface area contributed by atoms with Gasteiger partial charge in [-0.1, -0.05) is 48.5 Å². The Morgan fingerprint density at radius 3 is 1.43 bits per heavy atom. The molecule has 0 radical (unpaired) electrons. The topological polar surface area (TPSA) is 21.7 Å². The molecule has 3 nitrogen and oxygen atoms in total. The van der Waals surface area contributed by atoms with Crippen molar-refractivity contribution in [2.75, 3.05) is 4.90 Å². The minimum absolute atomic E-state index is 0.375. The van der Waals surface area contributed by atoms with Crippen molar-refractivity contribution in [3.63, 3.8) is 0 Å². The van der Waals surface area contributed by atoms with Gasteiger partial charge in [0.05, 0.1) is 11.2 Å². The smallest absolute Gasteiger partial charge is 0.399 e. The molecule has 1 fully saturated rings. The number of nitrogens with zero attached hydrogens (tertiary/aromatic N) is 1. The molecule has 0 spiro atoms. The first kappa shape index (κ1) is 26.0. The molecule has 3 heterocycles. The minimum Gasteiger partial charge on any atom is -0.399 e. The molecule has 6 heteroatoms. The van der Waals surface area contributed by atoms with Crippen LogP contribution in [0.3, 0.4) is 0 Å². The Morgan fingerprint density at radius 1 is 0.500 bits per heavy atom. The molecule has 0 saturated carbocycles. The van der Waals surface area contributed by atoms with Crippen molar-refractivity contribution < 1.29 is 9.31 Å². The molecule has 0 bridgehead atoms. The molecule has 1 saturated heterocycles. The van der Waals surface area contributed by atoms with E-state index in [4.69, 9.17) is 9.31 Å². The van der Waals surface area contributed by atoms with E-state index in [2.05, 4.69) is 142 Å². The maximum absolute atomic E-state index is 6.35. The van der Waals surface area contributed by atoms with Gasteiger partial charge in [0.2, 0.25) is 0 Å². The Morgan fingerprint density at radius 2 is 0.929 bits per heavy atom. The normalized spacial score (nSPS) is 16.2. The van der Waals surface area contributed by atoms with Crippen molar-refractivity contribution in [3.8, 4) is 0 Å². The van der Waals surface area contributed by atoms with Gasteiger partial charge in [0.15, 0.2) is 0 Å². The fraction of sp³-hybridized carbons (Fsp3) is 0.167. The zero-order valence-electron chi connectivity index (χ0n) is 24.0. The molecule has 1 aliphatic rings. The second kappa shape index (κ2) is 9.42. The summed E-state index contributed by atoms with van der Waals surface area (Å²) in [5.41, 5.74) is 3.63. The van der Waals surface area contributed by atoms with Crippen LogP contribution in [0.1, 0.15) is 27.7 Å². The van der Waals surface area contributed by atoms with Crippen LogP contribution in [-0.4, -0.2) is 18.3 Å². The van der Waals surface area contributed by atoms with E-state index in [1.54, 1.807) is 0 Å². The van der Waals surface area contributed by atoms with E-state index >= 15 is 0 Å². The first-order valence-electron chi connectivity index (χ1n) is 14.4. The van der Waals surface area contributed by atoms with Gasteiger partial charge in [0.1, 0.15) is 0 Å². The monoisotopic (exact) mass is 583 g/mol. The lowest BCUT2D eigenvalue weighted by Gasteiger charge is -2.32. The van der Waals surface area contributed by atoms with E-state index in [1.165, 1.54) is 40.3 Å². The summed E-state index contributed by atoms with van der Waals surface area (Å²) in [6.45, 7) is 8.38. The van der Waals surface area contributed by atoms with Gasteiger partial charge in [0, 0.05) is 57.4 Å². The highest BCUT2D eigenvalue weighted by atomic mass is 32.1. The minimum atomic E-state index is -0.389. The van der Waals surface area contributed by atoms with Gasteiger partial charge < -0.3 is 14.2 Å². The van der Waals surface area contributed by atoms with Crippen LogP contribution in [0, 0.1) is 0 Å². The van der Waals surface area contributed by atoms with Gasteiger partial charge in [0.25, 0.3) is 0 Å². The number of hydrogen-bond acceptors (Lipinski definition) is 5. The van der Waals surface area contributed by atoms with Crippen LogP contribution < -0.4 is 10.4 Å². The molecule has 7 aromatic rings. The SMILES string of the molecule is CC1(C)OB(c2ccc(N(c3ccc4sc5ccccc5c4c3)c3ccc4sc5ccccc5c4c3)cc2)OC1(C)C. The van der Waals surface area contributed by atoms with Gasteiger partial charge in [-0.2, -0.15) is 0 Å². The molecule has 2 aromatic heterocycles. The molecule has 8 rings (SSSR count). The molecule has 1 aliphatic heterocycles. The average molecular weight is 584 g/mol. The highest BCUT2D eigenvalue weighted by molar-refractivity contribution is 7.26. The van der Waals surface area contributed by atoms with Gasteiger partial charge in [-0.3, -0.25) is 0 Å². The van der Waals surface area contributed by atoms with Crippen LogP contribution >= 0.6 is 22.7 Å². The van der Waals surface area contributed by atoms with Gasteiger partial charge >= 0.3 is 7.12 Å². The molecule has 0 aliphatic carbocycles. The molecule has 0 N–H and O–H groups in total. The van der Waals surface area contributed by atoms with E-state index in [0.717, 1.165) is 22.5 Å². The van der Waals surface area contributed by atoms with Gasteiger partial charge in [-0.15, -0.1) is 22.7 Å². The predicted octanol–water partition coefficient (Wildman–Crippen LogP) is 10.2. The third kappa shape index (κ3) is 4.09. The number of rotatable bonds is 4. The van der Waals surface area contributed by atoms with Crippen LogP contribution in [-0.2, 0) is 9.31 Å². The summed E-state index contributed by atoms with van der Waals surface area (Å²) in [5, 5.41) is 5.17. The molecule has 0 atom stereocenters. The summed E-state index contributed by atoms with van der Waals surface area (Å²) in [7, 11) is -0.389. The van der Waals surface area contributed by atoms with Crippen molar-refractivity contribution in [3.05, 3.63) is 109 Å². The van der Waals surface area contributed by atoms with Crippen LogP contribution in [0.5, 0.6) is 0 Å². The van der Waals surface area contributed by atoms with Gasteiger partial charge in [-0.05, 0) is 93.8 Å². The fourth-order valence-corrected chi connectivity index (χ4v) is 8.09.